The Kier molecular flexibility index (Phi) is 13.4. The van der Waals surface area contributed by atoms with Crippen molar-refractivity contribution in [2.24, 2.45) is 0 Å². The lowest BCUT2D eigenvalue weighted by Gasteiger charge is -2.19. The molecule has 0 aliphatic carbocycles. The zero-order valence-corrected chi connectivity index (χ0v) is 19.1. The van der Waals surface area contributed by atoms with Crippen molar-refractivity contribution in [2.75, 3.05) is 0 Å². The molecule has 1 aromatic rings. The van der Waals surface area contributed by atoms with Gasteiger partial charge in [0.25, 0.3) is 6.48 Å². The Morgan fingerprint density at radius 3 is 1.61 bits per heavy atom. The van der Waals surface area contributed by atoms with Crippen molar-refractivity contribution >= 4 is 0 Å². The van der Waals surface area contributed by atoms with Crippen LogP contribution in [0.1, 0.15) is 101 Å². The molecule has 0 fully saturated rings. The molecule has 192 valence electrons. The number of ether oxygens (including phenoxy) is 1. The van der Waals surface area contributed by atoms with Gasteiger partial charge in [-0.05, 0) is 49.4 Å². The van der Waals surface area contributed by atoms with Gasteiger partial charge >= 0.3 is 12.4 Å². The number of alkyl halides is 6. The molecular weight excluding hydrogens is 450 g/mol. The fourth-order valence-corrected chi connectivity index (χ4v) is 3.82. The zero-order valence-electron chi connectivity index (χ0n) is 19.1. The first kappa shape index (κ1) is 29.7. The highest BCUT2D eigenvalue weighted by atomic mass is 19.4. The smallest absolute Gasteiger partial charge is 0.346 e. The van der Waals surface area contributed by atoms with Gasteiger partial charge in [-0.25, -0.2) is 0 Å². The largest absolute Gasteiger partial charge is 0.416 e. The molecule has 1 unspecified atom stereocenters. The number of rotatable bonds is 16. The number of halogens is 6. The lowest BCUT2D eigenvalue weighted by Crippen LogP contribution is -2.21. The molecule has 1 atom stereocenters. The summed E-state index contributed by atoms with van der Waals surface area (Å²) in [6.07, 6.45) is 0.740. The van der Waals surface area contributed by atoms with E-state index >= 15 is 0 Å². The van der Waals surface area contributed by atoms with E-state index in [4.69, 9.17) is 14.9 Å². The quantitative estimate of drug-likeness (QED) is 0.144. The van der Waals surface area contributed by atoms with E-state index in [1.165, 1.54) is 25.7 Å². The highest BCUT2D eigenvalue weighted by molar-refractivity contribution is 5.33. The molecule has 0 aromatic heterocycles. The summed E-state index contributed by atoms with van der Waals surface area (Å²) in [4.78, 5) is 0. The summed E-state index contributed by atoms with van der Waals surface area (Å²) < 4.78 is 82.9. The highest BCUT2D eigenvalue weighted by Crippen LogP contribution is 2.36. The first-order chi connectivity index (χ1) is 15.4. The fraction of sp³-hybridized carbons (Fsp3) is 0.750. The second-order valence-corrected chi connectivity index (χ2v) is 8.51. The summed E-state index contributed by atoms with van der Waals surface area (Å²) in [7, 11) is 0. The topological polar surface area (TPSA) is 49.7 Å². The van der Waals surface area contributed by atoms with Gasteiger partial charge in [-0.3, -0.25) is 0 Å². The number of aliphatic hydroxyl groups is 2. The Bertz CT molecular complexity index is 626. The van der Waals surface area contributed by atoms with Gasteiger partial charge in [0, 0.05) is 0 Å². The van der Waals surface area contributed by atoms with Crippen LogP contribution in [0.5, 0.6) is 0 Å². The number of hydrogen-bond acceptors (Lipinski definition) is 3. The number of unbranched alkanes of at least 4 members (excludes halogenated alkanes) is 8. The van der Waals surface area contributed by atoms with Crippen LogP contribution in [0.2, 0.25) is 0 Å². The third-order valence-electron chi connectivity index (χ3n) is 5.58. The summed E-state index contributed by atoms with van der Waals surface area (Å²) in [5.74, 6) is 0. The van der Waals surface area contributed by atoms with Gasteiger partial charge in [0.1, 0.15) is 0 Å². The van der Waals surface area contributed by atoms with E-state index in [1.54, 1.807) is 0 Å². The van der Waals surface area contributed by atoms with E-state index in [0.717, 1.165) is 31.4 Å². The molecule has 0 heterocycles. The standard InChI is InChI=1S/C24H36F6O3/c1-2-3-4-5-6-7-10-13-21(33-22(31)32)14-11-8-9-12-18-15-19(23(25,26)27)17-20(16-18)24(28,29)30/h15-17,21-22,31-32H,2-14H2,1H3. The minimum atomic E-state index is -4.85. The number of aryl methyl sites for hydroxylation is 1. The molecule has 0 bridgehead atoms. The minimum Gasteiger partial charge on any atom is -0.346 e. The van der Waals surface area contributed by atoms with Crippen molar-refractivity contribution in [2.45, 2.75) is 115 Å². The zero-order chi connectivity index (χ0) is 24.9. The van der Waals surface area contributed by atoms with Gasteiger partial charge in [0.05, 0.1) is 17.2 Å². The molecule has 33 heavy (non-hydrogen) atoms. The molecule has 1 rings (SSSR count). The van der Waals surface area contributed by atoms with Crippen molar-refractivity contribution in [3.63, 3.8) is 0 Å². The number of hydrogen-bond donors (Lipinski definition) is 2. The van der Waals surface area contributed by atoms with Crippen LogP contribution in [-0.4, -0.2) is 22.8 Å². The summed E-state index contributed by atoms with van der Waals surface area (Å²) in [6.45, 7) is 0.284. The van der Waals surface area contributed by atoms with Crippen LogP contribution in [0.3, 0.4) is 0 Å². The maximum absolute atomic E-state index is 13.0. The fourth-order valence-electron chi connectivity index (χ4n) is 3.82. The number of aliphatic hydroxyl groups excluding tert-OH is 1. The lowest BCUT2D eigenvalue weighted by molar-refractivity contribution is -0.257. The van der Waals surface area contributed by atoms with E-state index in [2.05, 4.69) is 6.92 Å². The SMILES string of the molecule is CCCCCCCCCC(CCCCCc1cc(C(F)(F)F)cc(C(F)(F)F)c1)OC(O)O. The van der Waals surface area contributed by atoms with E-state index in [9.17, 15) is 26.3 Å². The van der Waals surface area contributed by atoms with Crippen LogP contribution in [0.4, 0.5) is 26.3 Å². The van der Waals surface area contributed by atoms with Crippen LogP contribution in [0.25, 0.3) is 0 Å². The highest BCUT2D eigenvalue weighted by Gasteiger charge is 2.36. The first-order valence-corrected chi connectivity index (χ1v) is 11.7. The molecule has 0 saturated carbocycles. The normalized spacial score (nSPS) is 13.6. The van der Waals surface area contributed by atoms with Gasteiger partial charge in [0.2, 0.25) is 0 Å². The Morgan fingerprint density at radius 1 is 0.697 bits per heavy atom. The molecule has 2 N–H and O–H groups in total. The van der Waals surface area contributed by atoms with Crippen molar-refractivity contribution in [3.8, 4) is 0 Å². The van der Waals surface area contributed by atoms with Crippen molar-refractivity contribution < 1.29 is 41.3 Å². The monoisotopic (exact) mass is 486 g/mol. The van der Waals surface area contributed by atoms with Crippen LogP contribution in [0, 0.1) is 0 Å². The molecule has 1 aromatic carbocycles. The lowest BCUT2D eigenvalue weighted by atomic mass is 9.98. The second-order valence-electron chi connectivity index (χ2n) is 8.51. The summed E-state index contributed by atoms with van der Waals surface area (Å²) in [6, 6.07) is 1.67. The maximum atomic E-state index is 13.0. The Balaban J connectivity index is 2.47. The maximum Gasteiger partial charge on any atom is 0.416 e. The average molecular weight is 487 g/mol. The van der Waals surface area contributed by atoms with Gasteiger partial charge in [-0.2, -0.15) is 26.3 Å². The Labute approximate surface area is 192 Å². The van der Waals surface area contributed by atoms with E-state index in [0.29, 0.717) is 32.1 Å². The Morgan fingerprint density at radius 2 is 1.15 bits per heavy atom. The molecule has 3 nitrogen and oxygen atoms in total. The predicted octanol–water partition coefficient (Wildman–Crippen LogP) is 7.62. The van der Waals surface area contributed by atoms with E-state index < -0.39 is 30.0 Å². The van der Waals surface area contributed by atoms with Crippen molar-refractivity contribution in [1.82, 2.24) is 0 Å². The van der Waals surface area contributed by atoms with E-state index in [1.807, 2.05) is 0 Å². The van der Waals surface area contributed by atoms with Crippen LogP contribution >= 0.6 is 0 Å². The number of benzene rings is 1. The molecule has 0 saturated heterocycles. The third kappa shape index (κ3) is 13.2. The molecule has 0 aliphatic rings. The molecule has 0 aliphatic heterocycles. The summed E-state index contributed by atoms with van der Waals surface area (Å²) in [5, 5.41) is 18.2. The molecular formula is C24H36F6O3. The predicted molar refractivity (Wildman–Crippen MR) is 114 cm³/mol. The van der Waals surface area contributed by atoms with Crippen molar-refractivity contribution in [3.05, 3.63) is 34.9 Å². The second kappa shape index (κ2) is 14.8. The van der Waals surface area contributed by atoms with Gasteiger partial charge < -0.3 is 14.9 Å². The van der Waals surface area contributed by atoms with Crippen LogP contribution in [-0.2, 0) is 23.5 Å². The van der Waals surface area contributed by atoms with Gasteiger partial charge in [-0.1, -0.05) is 64.7 Å². The summed E-state index contributed by atoms with van der Waals surface area (Å²) in [5.41, 5.74) is -2.60. The molecule has 0 spiro atoms. The van der Waals surface area contributed by atoms with Gasteiger partial charge in [0.15, 0.2) is 0 Å². The first-order valence-electron chi connectivity index (χ1n) is 11.7. The van der Waals surface area contributed by atoms with Gasteiger partial charge in [-0.15, -0.1) is 0 Å². The van der Waals surface area contributed by atoms with Crippen LogP contribution < -0.4 is 0 Å². The molecule has 9 heteroatoms. The van der Waals surface area contributed by atoms with Crippen LogP contribution in [0.15, 0.2) is 18.2 Å². The molecule has 0 radical (unpaired) electrons. The minimum absolute atomic E-state index is 0.00111. The van der Waals surface area contributed by atoms with Crippen molar-refractivity contribution in [1.29, 1.82) is 0 Å². The summed E-state index contributed by atoms with van der Waals surface area (Å²) >= 11 is 0. The Hall–Kier alpha value is -1.32. The average Bonchev–Trinajstić information content (AvgIpc) is 2.70. The molecule has 0 amide bonds. The third-order valence-corrected chi connectivity index (χ3v) is 5.58. The van der Waals surface area contributed by atoms with E-state index in [-0.39, 0.29) is 24.2 Å².